The van der Waals surface area contributed by atoms with E-state index in [1.807, 2.05) is 35.6 Å². The molecule has 0 bridgehead atoms. The molecule has 92 valence electrons. The summed E-state index contributed by atoms with van der Waals surface area (Å²) >= 11 is 0. The Hall–Kier alpha value is -1.00. The summed E-state index contributed by atoms with van der Waals surface area (Å²) in [4.78, 5) is 3.78. The van der Waals surface area contributed by atoms with Crippen molar-refractivity contribution in [2.24, 2.45) is 14.1 Å². The molecule has 0 amide bonds. The van der Waals surface area contributed by atoms with E-state index in [1.165, 1.54) is 0 Å². The second kappa shape index (κ2) is 9.24. The highest BCUT2D eigenvalue weighted by Crippen LogP contribution is 1.79. The fraction of sp³-hybridized carbons (Fsp3) is 0.400. The van der Waals surface area contributed by atoms with Gasteiger partial charge in [0.05, 0.1) is 19.9 Å². The van der Waals surface area contributed by atoms with Gasteiger partial charge in [0.15, 0.2) is 0 Å². The number of hydrogen-bond acceptors (Lipinski definition) is 1. The molecule has 4 nitrogen and oxygen atoms in total. The Labute approximate surface area is 109 Å². The van der Waals surface area contributed by atoms with E-state index in [4.69, 9.17) is 0 Å². The third-order valence-corrected chi connectivity index (χ3v) is 1.83. The first-order chi connectivity index (χ1) is 6.72. The van der Waals surface area contributed by atoms with Crippen molar-refractivity contribution in [3.8, 4) is 0 Å². The molecule has 2 aromatic heterocycles. The van der Waals surface area contributed by atoms with Crippen LogP contribution in [0.1, 0.15) is 6.92 Å². The average molecular weight is 265 g/mol. The van der Waals surface area contributed by atoms with Crippen LogP contribution < -0.4 is 17.0 Å². The van der Waals surface area contributed by atoms with Gasteiger partial charge in [-0.05, 0) is 6.92 Å². The van der Waals surface area contributed by atoms with Crippen LogP contribution in [0, 0.1) is 0 Å². The van der Waals surface area contributed by atoms with Crippen molar-refractivity contribution in [2.75, 3.05) is 0 Å². The minimum atomic E-state index is 0. The van der Waals surface area contributed by atoms with Gasteiger partial charge in [-0.1, -0.05) is 0 Å². The molecule has 0 aromatic carbocycles. The van der Waals surface area contributed by atoms with Crippen molar-refractivity contribution in [3.05, 3.63) is 37.4 Å². The topological polar surface area (TPSA) is 26.6 Å². The molecule has 0 aliphatic heterocycles. The zero-order valence-electron chi connectivity index (χ0n) is 9.75. The summed E-state index contributed by atoms with van der Waals surface area (Å²) < 4.78 is 6.05. The van der Waals surface area contributed by atoms with Crippen LogP contribution in [0.15, 0.2) is 37.4 Å². The van der Waals surface area contributed by atoms with Crippen molar-refractivity contribution in [2.45, 2.75) is 13.5 Å². The minimum absolute atomic E-state index is 0. The van der Waals surface area contributed by atoms with Crippen LogP contribution >= 0.6 is 12.4 Å². The molecular weight excluding hydrogens is 247 g/mol. The van der Waals surface area contributed by atoms with E-state index >= 15 is 0 Å². The van der Waals surface area contributed by atoms with E-state index in [-0.39, 0.29) is 24.8 Å². The predicted molar refractivity (Wildman–Crippen MR) is 61.7 cm³/mol. The van der Waals surface area contributed by atoms with Gasteiger partial charge < -0.3 is 17.0 Å². The van der Waals surface area contributed by atoms with Gasteiger partial charge in [0.25, 0.3) is 0 Å². The first-order valence-corrected chi connectivity index (χ1v) is 4.65. The number of nitrogens with zero attached hydrogens (tertiary/aromatic N) is 4. The highest BCUT2D eigenvalue weighted by atomic mass is 35.5. The molecule has 6 heteroatoms. The van der Waals surface area contributed by atoms with E-state index in [0.29, 0.717) is 0 Å². The van der Waals surface area contributed by atoms with Crippen molar-refractivity contribution in [1.29, 1.82) is 0 Å². The molecule has 16 heavy (non-hydrogen) atoms. The molecule has 2 rings (SSSR count). The summed E-state index contributed by atoms with van der Waals surface area (Å²) in [5.74, 6) is 0. The van der Waals surface area contributed by atoms with E-state index in [0.717, 1.165) is 6.54 Å². The second-order valence-electron chi connectivity index (χ2n) is 3.14. The Balaban J connectivity index is 0. The molecule has 0 N–H and O–H groups in total. The summed E-state index contributed by atoms with van der Waals surface area (Å²) in [6.45, 7) is 3.18. The fourth-order valence-electron chi connectivity index (χ4n) is 1.01. The SMILES string of the molecule is CCn1cc[n+](C)c1.Cl.Cn1ccnc1.[Cl-]. The van der Waals surface area contributed by atoms with Gasteiger partial charge >= 0.3 is 0 Å². The van der Waals surface area contributed by atoms with Crippen molar-refractivity contribution in [3.63, 3.8) is 0 Å². The van der Waals surface area contributed by atoms with E-state index in [1.54, 1.807) is 12.5 Å². The highest BCUT2D eigenvalue weighted by Gasteiger charge is 1.92. The van der Waals surface area contributed by atoms with Gasteiger partial charge in [0.1, 0.15) is 12.4 Å². The summed E-state index contributed by atoms with van der Waals surface area (Å²) in [7, 11) is 3.96. The van der Waals surface area contributed by atoms with E-state index < -0.39 is 0 Å². The molecule has 0 radical (unpaired) electrons. The summed E-state index contributed by atoms with van der Waals surface area (Å²) in [6, 6.07) is 0. The molecule has 0 saturated heterocycles. The Morgan fingerprint density at radius 3 is 2.19 bits per heavy atom. The largest absolute Gasteiger partial charge is 1.00 e. The summed E-state index contributed by atoms with van der Waals surface area (Å²) in [5, 5.41) is 0. The average Bonchev–Trinajstić information content (AvgIpc) is 2.77. The number of aromatic nitrogens is 4. The lowest BCUT2D eigenvalue weighted by atomic mass is 10.7. The quantitative estimate of drug-likeness (QED) is 0.558. The van der Waals surface area contributed by atoms with E-state index in [2.05, 4.69) is 29.0 Å². The zero-order valence-corrected chi connectivity index (χ0v) is 11.3. The van der Waals surface area contributed by atoms with Crippen LogP contribution in [-0.4, -0.2) is 14.1 Å². The van der Waals surface area contributed by atoms with Gasteiger partial charge in [0, 0.05) is 19.4 Å². The number of rotatable bonds is 1. The first kappa shape index (κ1) is 17.4. The third kappa shape index (κ3) is 6.48. The molecule has 0 aliphatic rings. The molecule has 0 unspecified atom stereocenters. The lowest BCUT2D eigenvalue weighted by Gasteiger charge is -1.81. The number of halogens is 2. The normalized spacial score (nSPS) is 8.19. The van der Waals surface area contributed by atoms with Crippen LogP contribution in [-0.2, 0) is 20.6 Å². The monoisotopic (exact) mass is 264 g/mol. The molecule has 2 heterocycles. The van der Waals surface area contributed by atoms with Crippen molar-refractivity contribution in [1.82, 2.24) is 14.1 Å². The van der Waals surface area contributed by atoms with E-state index in [9.17, 15) is 0 Å². The highest BCUT2D eigenvalue weighted by molar-refractivity contribution is 5.85. The summed E-state index contributed by atoms with van der Waals surface area (Å²) in [6.07, 6.45) is 11.5. The predicted octanol–water partition coefficient (Wildman–Crippen LogP) is -1.82. The number of hydrogen-bond donors (Lipinski definition) is 0. The van der Waals surface area contributed by atoms with Crippen molar-refractivity contribution < 1.29 is 17.0 Å². The molecular formula is C10H18Cl2N4. The maximum atomic E-state index is 3.78. The van der Waals surface area contributed by atoms with Crippen LogP contribution in [0.25, 0.3) is 0 Å². The fourth-order valence-corrected chi connectivity index (χ4v) is 1.01. The van der Waals surface area contributed by atoms with Gasteiger partial charge in [-0.15, -0.1) is 12.4 Å². The Morgan fingerprint density at radius 2 is 2.00 bits per heavy atom. The molecule has 0 fully saturated rings. The van der Waals surface area contributed by atoms with Crippen LogP contribution in [0.3, 0.4) is 0 Å². The maximum Gasteiger partial charge on any atom is 0.243 e. The standard InChI is InChI=1S/C6H11N2.C4H6N2.2ClH/c1-3-8-5-4-7(2)6-8;1-6-3-2-5-4-6;;/h4-6H,3H2,1-2H3;2-4H,1H3;2*1H/q+1;;;/p-1. The first-order valence-electron chi connectivity index (χ1n) is 4.65. The smallest absolute Gasteiger partial charge is 0.243 e. The van der Waals surface area contributed by atoms with Gasteiger partial charge in [-0.2, -0.15) is 0 Å². The molecule has 2 aromatic rings. The Kier molecular flexibility index (Phi) is 10.0. The van der Waals surface area contributed by atoms with Gasteiger partial charge in [0.2, 0.25) is 6.33 Å². The minimum Gasteiger partial charge on any atom is -1.00 e. The lowest BCUT2D eigenvalue weighted by Crippen LogP contribution is -3.00. The van der Waals surface area contributed by atoms with Crippen LogP contribution in [0.2, 0.25) is 0 Å². The van der Waals surface area contributed by atoms with Gasteiger partial charge in [-0.25, -0.2) is 14.1 Å². The molecule has 0 spiro atoms. The maximum absolute atomic E-state index is 3.78. The zero-order chi connectivity index (χ0) is 10.4. The van der Waals surface area contributed by atoms with Gasteiger partial charge in [-0.3, -0.25) is 0 Å². The molecule has 0 saturated carbocycles. The van der Waals surface area contributed by atoms with Crippen LogP contribution in [0.4, 0.5) is 0 Å². The molecule has 0 atom stereocenters. The van der Waals surface area contributed by atoms with Crippen molar-refractivity contribution >= 4 is 12.4 Å². The second-order valence-corrected chi connectivity index (χ2v) is 3.14. The molecule has 0 aliphatic carbocycles. The van der Waals surface area contributed by atoms with Crippen LogP contribution in [0.5, 0.6) is 0 Å². The third-order valence-electron chi connectivity index (χ3n) is 1.83. The lowest BCUT2D eigenvalue weighted by molar-refractivity contribution is -0.671. The summed E-state index contributed by atoms with van der Waals surface area (Å²) in [5.41, 5.74) is 0. The number of imidazole rings is 2. The Bertz CT molecular complexity index is 357. The number of aryl methyl sites for hydroxylation is 3. The Morgan fingerprint density at radius 1 is 1.31 bits per heavy atom.